The third-order valence-corrected chi connectivity index (χ3v) is 3.92. The topological polar surface area (TPSA) is 86.2 Å². The fraction of sp³-hybridized carbons (Fsp3) is 0. The fourth-order valence-corrected chi connectivity index (χ4v) is 3.27. The molecule has 2 aromatic rings. The van der Waals surface area contributed by atoms with E-state index in [0.29, 0.717) is 0 Å². The lowest BCUT2D eigenvalue weighted by molar-refractivity contribution is -0.114. The van der Waals surface area contributed by atoms with Gasteiger partial charge < -0.3 is 11.5 Å². The van der Waals surface area contributed by atoms with Gasteiger partial charge in [0.25, 0.3) is 0 Å². The molecule has 0 radical (unpaired) electrons. The highest BCUT2D eigenvalue weighted by Crippen LogP contribution is 2.32. The standard InChI is InChI=1S/C16H10Cl4N2O2/c17-9-1-7(2-10(18)5-9)13(15(21)23)14(16(22)24)8-3-11(19)6-12(20)4-8/h1-6H,(H2,21,23)(H2,22,24). The van der Waals surface area contributed by atoms with Crippen molar-refractivity contribution < 1.29 is 9.59 Å². The van der Waals surface area contributed by atoms with Crippen molar-refractivity contribution in [2.75, 3.05) is 0 Å². The molecule has 0 bridgehead atoms. The summed E-state index contributed by atoms with van der Waals surface area (Å²) < 4.78 is 0. The fourth-order valence-electron chi connectivity index (χ4n) is 2.22. The maximum Gasteiger partial charge on any atom is 0.250 e. The van der Waals surface area contributed by atoms with Crippen LogP contribution in [-0.4, -0.2) is 11.8 Å². The summed E-state index contributed by atoms with van der Waals surface area (Å²) in [5, 5.41) is 1.07. The summed E-state index contributed by atoms with van der Waals surface area (Å²) in [7, 11) is 0. The summed E-state index contributed by atoms with van der Waals surface area (Å²) in [6, 6.07) is 8.74. The van der Waals surface area contributed by atoms with Crippen molar-refractivity contribution in [3.63, 3.8) is 0 Å². The summed E-state index contributed by atoms with van der Waals surface area (Å²) >= 11 is 23.8. The Bertz CT molecular complexity index is 766. The van der Waals surface area contributed by atoms with E-state index in [4.69, 9.17) is 57.9 Å². The van der Waals surface area contributed by atoms with Gasteiger partial charge >= 0.3 is 0 Å². The number of primary amides is 2. The number of carbonyl (C=O) groups excluding carboxylic acids is 2. The van der Waals surface area contributed by atoms with Crippen molar-refractivity contribution in [1.82, 2.24) is 0 Å². The Labute approximate surface area is 157 Å². The van der Waals surface area contributed by atoms with Gasteiger partial charge in [-0.1, -0.05) is 46.4 Å². The minimum Gasteiger partial charge on any atom is -0.366 e. The maximum atomic E-state index is 12.0. The number of halogens is 4. The predicted molar refractivity (Wildman–Crippen MR) is 98.1 cm³/mol. The van der Waals surface area contributed by atoms with Gasteiger partial charge in [0.15, 0.2) is 0 Å². The average Bonchev–Trinajstić information content (AvgIpc) is 2.41. The first-order chi connectivity index (χ1) is 11.2. The van der Waals surface area contributed by atoms with E-state index < -0.39 is 11.8 Å². The van der Waals surface area contributed by atoms with Gasteiger partial charge in [-0.25, -0.2) is 0 Å². The SMILES string of the molecule is NC(=O)C(=C(C(N)=O)c1cc(Cl)cc(Cl)c1)c1cc(Cl)cc(Cl)c1. The molecule has 0 spiro atoms. The minimum atomic E-state index is -0.877. The molecule has 0 aromatic heterocycles. The van der Waals surface area contributed by atoms with Gasteiger partial charge in [0, 0.05) is 20.1 Å². The Hall–Kier alpha value is -1.72. The molecule has 2 rings (SSSR count). The van der Waals surface area contributed by atoms with Gasteiger partial charge in [-0.3, -0.25) is 9.59 Å². The zero-order chi connectivity index (χ0) is 18.0. The number of amides is 2. The van der Waals surface area contributed by atoms with E-state index in [-0.39, 0.29) is 42.4 Å². The summed E-state index contributed by atoms with van der Waals surface area (Å²) in [6.45, 7) is 0. The van der Waals surface area contributed by atoms with Crippen LogP contribution < -0.4 is 11.5 Å². The number of nitrogens with two attached hydrogens (primary N) is 2. The second-order valence-corrected chi connectivity index (χ2v) is 6.54. The molecule has 0 aliphatic heterocycles. The van der Waals surface area contributed by atoms with Crippen molar-refractivity contribution in [2.45, 2.75) is 0 Å². The molecule has 4 nitrogen and oxygen atoms in total. The number of benzene rings is 2. The molecule has 0 aliphatic carbocycles. The third-order valence-electron chi connectivity index (χ3n) is 3.05. The number of hydrogen-bond acceptors (Lipinski definition) is 2. The normalized spacial score (nSPS) is 11.8. The number of rotatable bonds is 4. The molecule has 2 amide bonds. The third kappa shape index (κ3) is 4.22. The van der Waals surface area contributed by atoms with Gasteiger partial charge in [0.05, 0.1) is 11.1 Å². The lowest BCUT2D eigenvalue weighted by Crippen LogP contribution is -2.21. The highest BCUT2D eigenvalue weighted by Gasteiger charge is 2.22. The Morgan fingerprint density at radius 2 is 0.833 bits per heavy atom. The van der Waals surface area contributed by atoms with E-state index in [0.717, 1.165) is 0 Å². The highest BCUT2D eigenvalue weighted by molar-refractivity contribution is 6.41. The molecule has 0 saturated carbocycles. The smallest absolute Gasteiger partial charge is 0.250 e. The zero-order valence-corrected chi connectivity index (χ0v) is 15.0. The van der Waals surface area contributed by atoms with Crippen molar-refractivity contribution in [1.29, 1.82) is 0 Å². The number of carbonyl (C=O) groups is 2. The Morgan fingerprint density at radius 1 is 0.583 bits per heavy atom. The van der Waals surface area contributed by atoms with Gasteiger partial charge in [-0.2, -0.15) is 0 Å². The summed E-state index contributed by atoms with van der Waals surface area (Å²) in [5.41, 5.74) is 11.2. The predicted octanol–water partition coefficient (Wildman–Crippen LogP) is 4.18. The Balaban J connectivity index is 2.87. The van der Waals surface area contributed by atoms with Crippen LogP contribution in [0.4, 0.5) is 0 Å². The molecule has 24 heavy (non-hydrogen) atoms. The van der Waals surface area contributed by atoms with Crippen LogP contribution in [0.1, 0.15) is 11.1 Å². The van der Waals surface area contributed by atoms with Crippen LogP contribution in [0.15, 0.2) is 36.4 Å². The molecular weight excluding hydrogens is 394 g/mol. The lowest BCUT2D eigenvalue weighted by Gasteiger charge is -2.13. The first-order valence-electron chi connectivity index (χ1n) is 6.46. The number of hydrogen-bond donors (Lipinski definition) is 2. The van der Waals surface area contributed by atoms with E-state index in [1.54, 1.807) is 0 Å². The van der Waals surface area contributed by atoms with Crippen LogP contribution in [0.25, 0.3) is 11.1 Å². The van der Waals surface area contributed by atoms with E-state index >= 15 is 0 Å². The van der Waals surface area contributed by atoms with Crippen molar-refractivity contribution in [2.24, 2.45) is 11.5 Å². The minimum absolute atomic E-state index is 0.134. The van der Waals surface area contributed by atoms with Crippen molar-refractivity contribution in [3.05, 3.63) is 67.6 Å². The molecule has 0 fully saturated rings. The molecule has 124 valence electrons. The molecule has 0 saturated heterocycles. The van der Waals surface area contributed by atoms with E-state index in [1.165, 1.54) is 36.4 Å². The molecule has 2 aromatic carbocycles. The monoisotopic (exact) mass is 402 g/mol. The highest BCUT2D eigenvalue weighted by atomic mass is 35.5. The van der Waals surface area contributed by atoms with E-state index in [1.807, 2.05) is 0 Å². The van der Waals surface area contributed by atoms with E-state index in [9.17, 15) is 9.59 Å². The first kappa shape index (κ1) is 18.6. The maximum absolute atomic E-state index is 12.0. The van der Waals surface area contributed by atoms with Gasteiger partial charge in [0.1, 0.15) is 0 Å². The van der Waals surface area contributed by atoms with Crippen LogP contribution in [-0.2, 0) is 9.59 Å². The Morgan fingerprint density at radius 3 is 1.04 bits per heavy atom. The van der Waals surface area contributed by atoms with Crippen LogP contribution in [0.2, 0.25) is 20.1 Å². The molecule has 0 aliphatic rings. The van der Waals surface area contributed by atoms with E-state index in [2.05, 4.69) is 0 Å². The quantitative estimate of drug-likeness (QED) is 0.592. The molecular formula is C16H10Cl4N2O2. The van der Waals surface area contributed by atoms with Crippen LogP contribution in [0, 0.1) is 0 Å². The molecule has 8 heteroatoms. The zero-order valence-electron chi connectivity index (χ0n) is 11.9. The molecule has 0 atom stereocenters. The summed E-state index contributed by atoms with van der Waals surface area (Å²) in [6.07, 6.45) is 0. The summed E-state index contributed by atoms with van der Waals surface area (Å²) in [5.74, 6) is -1.75. The second kappa shape index (κ2) is 7.45. The lowest BCUT2D eigenvalue weighted by atomic mass is 9.93. The van der Waals surface area contributed by atoms with Gasteiger partial charge in [-0.05, 0) is 47.5 Å². The van der Waals surface area contributed by atoms with Crippen molar-refractivity contribution in [3.8, 4) is 0 Å². The average molecular weight is 404 g/mol. The van der Waals surface area contributed by atoms with Crippen molar-refractivity contribution >= 4 is 69.4 Å². The van der Waals surface area contributed by atoms with Gasteiger partial charge in [-0.15, -0.1) is 0 Å². The second-order valence-electron chi connectivity index (χ2n) is 4.79. The molecule has 0 unspecified atom stereocenters. The van der Waals surface area contributed by atoms with Gasteiger partial charge in [0.2, 0.25) is 11.8 Å². The Kier molecular flexibility index (Phi) is 5.78. The van der Waals surface area contributed by atoms with Crippen LogP contribution in [0.5, 0.6) is 0 Å². The van der Waals surface area contributed by atoms with Crippen LogP contribution >= 0.6 is 46.4 Å². The first-order valence-corrected chi connectivity index (χ1v) is 7.97. The summed E-state index contributed by atoms with van der Waals surface area (Å²) in [4.78, 5) is 24.0. The van der Waals surface area contributed by atoms with Crippen LogP contribution in [0.3, 0.4) is 0 Å². The molecule has 4 N–H and O–H groups in total. The largest absolute Gasteiger partial charge is 0.366 e. The molecule has 0 heterocycles.